The molecular weight excluding hydrogens is 306 g/mol. The first-order chi connectivity index (χ1) is 10.9. The van der Waals surface area contributed by atoms with E-state index in [9.17, 15) is 19.8 Å². The number of rotatable bonds is 3. The predicted molar refractivity (Wildman–Crippen MR) is 77.3 cm³/mol. The van der Waals surface area contributed by atoms with Crippen molar-refractivity contribution in [3.8, 4) is 11.8 Å². The van der Waals surface area contributed by atoms with E-state index in [1.807, 2.05) is 0 Å². The highest BCUT2D eigenvalue weighted by Crippen LogP contribution is 2.58. The number of aromatic nitrogens is 2. The van der Waals surface area contributed by atoms with Crippen LogP contribution in [0, 0.1) is 11.8 Å². The summed E-state index contributed by atoms with van der Waals surface area (Å²) in [6, 6.07) is 0. The number of epoxide rings is 1. The van der Waals surface area contributed by atoms with E-state index in [-0.39, 0.29) is 18.5 Å². The SMILES string of the molecule is CC[C@]1(CO)O[C@@H](n2cc(C#CCN)c(=O)[nH]c2=O)C2OC21O. The second-order valence-electron chi connectivity index (χ2n) is 5.46. The second kappa shape index (κ2) is 5.30. The molecule has 23 heavy (non-hydrogen) atoms. The van der Waals surface area contributed by atoms with Crippen LogP contribution in [0.25, 0.3) is 0 Å². The molecule has 3 rings (SSSR count). The highest BCUT2D eigenvalue weighted by Gasteiger charge is 2.78. The third kappa shape index (κ3) is 2.15. The smallest absolute Gasteiger partial charge is 0.330 e. The number of nitrogens with zero attached hydrogens (tertiary/aromatic N) is 1. The van der Waals surface area contributed by atoms with Crippen molar-refractivity contribution in [2.75, 3.05) is 13.2 Å². The number of nitrogens with two attached hydrogens (primary N) is 1. The maximum atomic E-state index is 12.1. The van der Waals surface area contributed by atoms with Gasteiger partial charge in [-0.2, -0.15) is 0 Å². The molecule has 0 spiro atoms. The van der Waals surface area contributed by atoms with Crippen molar-refractivity contribution in [2.45, 2.75) is 37.1 Å². The standard InChI is InChI=1S/C14H17N3O6/c1-2-13(7-18)14(21)9(22-14)11(23-13)17-6-8(4-3-5-15)10(19)16-12(17)20/h6,9,11,18,21H,2,5,7,15H2,1H3,(H,16,19,20)/t9?,11-,13-,14?/m1/s1. The zero-order valence-electron chi connectivity index (χ0n) is 12.4. The molecule has 2 fully saturated rings. The fraction of sp³-hybridized carbons (Fsp3) is 0.571. The molecule has 124 valence electrons. The van der Waals surface area contributed by atoms with Gasteiger partial charge in [0.2, 0.25) is 5.79 Å². The van der Waals surface area contributed by atoms with Crippen LogP contribution in [0.2, 0.25) is 0 Å². The lowest BCUT2D eigenvalue weighted by Gasteiger charge is -2.31. The van der Waals surface area contributed by atoms with E-state index in [4.69, 9.17) is 15.2 Å². The Morgan fingerprint density at radius 1 is 1.48 bits per heavy atom. The maximum Gasteiger partial charge on any atom is 0.330 e. The number of hydrogen-bond donors (Lipinski definition) is 4. The summed E-state index contributed by atoms with van der Waals surface area (Å²) in [5, 5.41) is 20.0. The van der Waals surface area contributed by atoms with E-state index in [1.165, 1.54) is 6.20 Å². The molecule has 0 aromatic carbocycles. The van der Waals surface area contributed by atoms with Gasteiger partial charge in [-0.05, 0) is 6.42 Å². The van der Waals surface area contributed by atoms with Gasteiger partial charge < -0.3 is 25.4 Å². The molecule has 4 atom stereocenters. The Morgan fingerprint density at radius 3 is 2.78 bits per heavy atom. The second-order valence-corrected chi connectivity index (χ2v) is 5.46. The van der Waals surface area contributed by atoms with E-state index in [1.54, 1.807) is 6.92 Å². The molecule has 1 aromatic rings. The lowest BCUT2D eigenvalue weighted by atomic mass is 9.94. The fourth-order valence-corrected chi connectivity index (χ4v) is 2.87. The van der Waals surface area contributed by atoms with Crippen molar-refractivity contribution in [1.82, 2.24) is 9.55 Å². The number of aliphatic hydroxyl groups is 2. The van der Waals surface area contributed by atoms with E-state index in [2.05, 4.69) is 16.8 Å². The lowest BCUT2D eigenvalue weighted by Crippen LogP contribution is -2.48. The molecule has 0 saturated carbocycles. The molecule has 5 N–H and O–H groups in total. The number of aromatic amines is 1. The Labute approximate surface area is 130 Å². The largest absolute Gasteiger partial charge is 0.393 e. The van der Waals surface area contributed by atoms with Crippen molar-refractivity contribution in [2.24, 2.45) is 5.73 Å². The average Bonchev–Trinajstić information content (AvgIpc) is 3.16. The fourth-order valence-electron chi connectivity index (χ4n) is 2.87. The third-order valence-corrected chi connectivity index (χ3v) is 4.29. The first-order valence-electron chi connectivity index (χ1n) is 7.15. The molecule has 2 saturated heterocycles. The minimum Gasteiger partial charge on any atom is -0.393 e. The zero-order chi connectivity index (χ0) is 16.8. The summed E-state index contributed by atoms with van der Waals surface area (Å²) >= 11 is 0. The van der Waals surface area contributed by atoms with Crippen LogP contribution in [0.3, 0.4) is 0 Å². The van der Waals surface area contributed by atoms with Crippen LogP contribution in [-0.4, -0.2) is 50.4 Å². The van der Waals surface area contributed by atoms with Crippen molar-refractivity contribution >= 4 is 0 Å². The third-order valence-electron chi connectivity index (χ3n) is 4.29. The average molecular weight is 323 g/mol. The summed E-state index contributed by atoms with van der Waals surface area (Å²) in [7, 11) is 0. The van der Waals surface area contributed by atoms with E-state index >= 15 is 0 Å². The summed E-state index contributed by atoms with van der Waals surface area (Å²) in [4.78, 5) is 25.9. The zero-order valence-corrected chi connectivity index (χ0v) is 12.4. The Balaban J connectivity index is 2.04. The minimum atomic E-state index is -1.65. The van der Waals surface area contributed by atoms with Gasteiger partial charge in [-0.1, -0.05) is 18.8 Å². The van der Waals surface area contributed by atoms with Crippen LogP contribution in [0.4, 0.5) is 0 Å². The molecule has 0 bridgehead atoms. The van der Waals surface area contributed by atoms with Gasteiger partial charge in [0.25, 0.3) is 5.56 Å². The van der Waals surface area contributed by atoms with Gasteiger partial charge >= 0.3 is 5.69 Å². The van der Waals surface area contributed by atoms with Crippen LogP contribution in [0.1, 0.15) is 25.1 Å². The molecule has 9 nitrogen and oxygen atoms in total. The maximum absolute atomic E-state index is 12.1. The van der Waals surface area contributed by atoms with Gasteiger partial charge in [-0.25, -0.2) is 4.79 Å². The summed E-state index contributed by atoms with van der Waals surface area (Å²) in [5.41, 5.74) is 2.64. The van der Waals surface area contributed by atoms with E-state index in [0.717, 1.165) is 4.57 Å². The van der Waals surface area contributed by atoms with Crippen molar-refractivity contribution in [3.63, 3.8) is 0 Å². The Kier molecular flexibility index (Phi) is 3.66. The molecule has 2 aliphatic rings. The molecule has 0 aliphatic carbocycles. The molecular formula is C14H17N3O6. The highest BCUT2D eigenvalue weighted by molar-refractivity contribution is 5.30. The quantitative estimate of drug-likeness (QED) is 0.359. The van der Waals surface area contributed by atoms with E-state index in [0.29, 0.717) is 0 Å². The number of fused-ring (bicyclic) bond motifs is 1. The molecule has 2 aliphatic heterocycles. The Hall–Kier alpha value is -1.96. The van der Waals surface area contributed by atoms with Crippen LogP contribution in [0.15, 0.2) is 15.8 Å². The molecule has 1 aromatic heterocycles. The van der Waals surface area contributed by atoms with Crippen LogP contribution in [-0.2, 0) is 9.47 Å². The summed E-state index contributed by atoms with van der Waals surface area (Å²) < 4.78 is 12.1. The Morgan fingerprint density at radius 2 is 2.22 bits per heavy atom. The molecule has 9 heteroatoms. The molecule has 3 heterocycles. The topological polar surface area (TPSA) is 143 Å². The van der Waals surface area contributed by atoms with Crippen molar-refractivity contribution in [3.05, 3.63) is 32.6 Å². The molecule has 2 unspecified atom stereocenters. The van der Waals surface area contributed by atoms with Crippen molar-refractivity contribution < 1.29 is 19.7 Å². The monoisotopic (exact) mass is 323 g/mol. The minimum absolute atomic E-state index is 0.0424. The summed E-state index contributed by atoms with van der Waals surface area (Å²) in [6.07, 6.45) is -0.270. The van der Waals surface area contributed by atoms with Crippen molar-refractivity contribution in [1.29, 1.82) is 0 Å². The number of nitrogens with one attached hydrogen (secondary N) is 1. The van der Waals surface area contributed by atoms with Crippen LogP contribution in [0.5, 0.6) is 0 Å². The van der Waals surface area contributed by atoms with Gasteiger partial charge in [-0.15, -0.1) is 0 Å². The van der Waals surface area contributed by atoms with Gasteiger partial charge in [0.05, 0.1) is 13.2 Å². The Bertz CT molecular complexity index is 799. The van der Waals surface area contributed by atoms with Gasteiger partial charge in [0.1, 0.15) is 11.2 Å². The first kappa shape index (κ1) is 15.9. The van der Waals surface area contributed by atoms with Crippen LogP contribution >= 0.6 is 0 Å². The number of aliphatic hydroxyl groups excluding tert-OH is 1. The first-order valence-corrected chi connectivity index (χ1v) is 7.15. The predicted octanol–water partition coefficient (Wildman–Crippen LogP) is -2.40. The number of hydrogen-bond acceptors (Lipinski definition) is 7. The van der Waals surface area contributed by atoms with E-state index < -0.39 is 41.6 Å². The summed E-state index contributed by atoms with van der Waals surface area (Å²) in [5.74, 6) is 3.44. The molecule has 0 radical (unpaired) electrons. The molecule has 0 amide bonds. The normalized spacial score (nSPS) is 34.6. The van der Waals surface area contributed by atoms with Crippen LogP contribution < -0.4 is 17.0 Å². The van der Waals surface area contributed by atoms with Gasteiger partial charge in [-0.3, -0.25) is 14.3 Å². The van der Waals surface area contributed by atoms with Gasteiger partial charge in [0, 0.05) is 6.20 Å². The highest BCUT2D eigenvalue weighted by atomic mass is 16.8. The lowest BCUT2D eigenvalue weighted by molar-refractivity contribution is -0.219. The van der Waals surface area contributed by atoms with Gasteiger partial charge in [0.15, 0.2) is 12.3 Å². The number of ether oxygens (including phenoxy) is 2. The number of H-pyrrole nitrogens is 1. The summed E-state index contributed by atoms with van der Waals surface area (Å²) in [6.45, 7) is 1.32.